The summed E-state index contributed by atoms with van der Waals surface area (Å²) < 4.78 is 5.86. The monoisotopic (exact) mass is 280 g/mol. The van der Waals surface area contributed by atoms with Crippen molar-refractivity contribution < 1.29 is 4.74 Å². The van der Waals surface area contributed by atoms with Crippen molar-refractivity contribution in [3.05, 3.63) is 59.7 Å². The second kappa shape index (κ2) is 5.41. The predicted molar refractivity (Wildman–Crippen MR) is 84.9 cm³/mol. The van der Waals surface area contributed by atoms with Crippen molar-refractivity contribution in [2.75, 3.05) is 31.6 Å². The summed E-state index contributed by atoms with van der Waals surface area (Å²) in [4.78, 5) is 2.51. The molecule has 1 N–H and O–H groups in total. The summed E-state index contributed by atoms with van der Waals surface area (Å²) in [5.41, 5.74) is 4.05. The van der Waals surface area contributed by atoms with Crippen LogP contribution in [0, 0.1) is 0 Å². The van der Waals surface area contributed by atoms with E-state index in [1.54, 1.807) is 0 Å². The largest absolute Gasteiger partial charge is 0.492 e. The minimum Gasteiger partial charge on any atom is -0.492 e. The van der Waals surface area contributed by atoms with E-state index >= 15 is 0 Å². The summed E-state index contributed by atoms with van der Waals surface area (Å²) in [5, 5.41) is 3.52. The van der Waals surface area contributed by atoms with Crippen molar-refractivity contribution in [1.82, 2.24) is 4.90 Å². The van der Waals surface area contributed by atoms with Crippen LogP contribution < -0.4 is 10.1 Å². The molecule has 0 radical (unpaired) electrons. The van der Waals surface area contributed by atoms with Gasteiger partial charge < -0.3 is 10.1 Å². The highest BCUT2D eigenvalue weighted by Crippen LogP contribution is 2.32. The first-order valence-corrected chi connectivity index (χ1v) is 7.66. The normalized spacial score (nSPS) is 20.9. The van der Waals surface area contributed by atoms with Gasteiger partial charge >= 0.3 is 0 Å². The van der Waals surface area contributed by atoms with Gasteiger partial charge in [0.25, 0.3) is 0 Å². The molecule has 1 unspecified atom stereocenters. The Kier molecular flexibility index (Phi) is 3.28. The maximum absolute atomic E-state index is 5.86. The zero-order valence-corrected chi connectivity index (χ0v) is 12.1. The van der Waals surface area contributed by atoms with Crippen molar-refractivity contribution >= 4 is 5.69 Å². The molecule has 0 saturated carbocycles. The first kappa shape index (κ1) is 12.7. The second-order valence-electron chi connectivity index (χ2n) is 5.86. The number of hydrogen-bond donors (Lipinski definition) is 1. The fourth-order valence-corrected chi connectivity index (χ4v) is 3.37. The van der Waals surface area contributed by atoms with Crippen LogP contribution in [0.15, 0.2) is 48.5 Å². The molecule has 0 saturated heterocycles. The number of nitrogens with zero attached hydrogens (tertiary/aromatic N) is 1. The van der Waals surface area contributed by atoms with Crippen LogP contribution in [0.4, 0.5) is 5.69 Å². The van der Waals surface area contributed by atoms with Crippen molar-refractivity contribution in [2.45, 2.75) is 12.5 Å². The summed E-state index contributed by atoms with van der Waals surface area (Å²) >= 11 is 0. The zero-order chi connectivity index (χ0) is 14.1. The third-order valence-electron chi connectivity index (χ3n) is 4.45. The highest BCUT2D eigenvalue weighted by Gasteiger charge is 2.25. The van der Waals surface area contributed by atoms with Gasteiger partial charge in [-0.2, -0.15) is 0 Å². The first-order valence-electron chi connectivity index (χ1n) is 7.66. The molecule has 1 atom stereocenters. The molecular weight excluding hydrogens is 260 g/mol. The smallest absolute Gasteiger partial charge is 0.123 e. The molecule has 4 rings (SSSR count). The minimum atomic E-state index is 0.575. The SMILES string of the molecule is c1ccc2c(c1)CN(CC1CNc3ccccc31)CCO2. The zero-order valence-electron chi connectivity index (χ0n) is 12.1. The summed E-state index contributed by atoms with van der Waals surface area (Å²) in [5.74, 6) is 1.62. The van der Waals surface area contributed by atoms with E-state index in [2.05, 4.69) is 52.7 Å². The number of anilines is 1. The summed E-state index contributed by atoms with van der Waals surface area (Å²) in [6, 6.07) is 17.1. The molecule has 0 aromatic heterocycles. The van der Waals surface area contributed by atoms with E-state index in [0.29, 0.717) is 5.92 Å². The molecule has 0 aliphatic carbocycles. The topological polar surface area (TPSA) is 24.5 Å². The van der Waals surface area contributed by atoms with Crippen molar-refractivity contribution in [3.8, 4) is 5.75 Å². The van der Waals surface area contributed by atoms with Gasteiger partial charge in [0.15, 0.2) is 0 Å². The Bertz CT molecular complexity index is 641. The van der Waals surface area contributed by atoms with Crippen LogP contribution in [0.1, 0.15) is 17.0 Å². The van der Waals surface area contributed by atoms with Crippen LogP contribution in [0.5, 0.6) is 5.75 Å². The Hall–Kier alpha value is -2.00. The average Bonchev–Trinajstić information content (AvgIpc) is 2.80. The predicted octanol–water partition coefficient (Wildman–Crippen LogP) is 3.09. The molecule has 2 aromatic carbocycles. The molecule has 2 aromatic rings. The van der Waals surface area contributed by atoms with Crippen LogP contribution in [0.25, 0.3) is 0 Å². The van der Waals surface area contributed by atoms with E-state index in [1.165, 1.54) is 16.8 Å². The van der Waals surface area contributed by atoms with Gasteiger partial charge in [0.05, 0.1) is 0 Å². The fourth-order valence-electron chi connectivity index (χ4n) is 3.37. The third-order valence-corrected chi connectivity index (χ3v) is 4.45. The molecule has 2 aliphatic heterocycles. The van der Waals surface area contributed by atoms with E-state index in [4.69, 9.17) is 4.74 Å². The fraction of sp³-hybridized carbons (Fsp3) is 0.333. The highest BCUT2D eigenvalue weighted by atomic mass is 16.5. The number of ether oxygens (including phenoxy) is 1. The highest BCUT2D eigenvalue weighted by molar-refractivity contribution is 5.57. The Balaban J connectivity index is 1.51. The molecular formula is C18H20N2O. The van der Waals surface area contributed by atoms with Gasteiger partial charge in [-0.3, -0.25) is 4.90 Å². The summed E-state index contributed by atoms with van der Waals surface area (Å²) in [6.45, 7) is 4.88. The quantitative estimate of drug-likeness (QED) is 0.915. The number of nitrogens with one attached hydrogen (secondary N) is 1. The Morgan fingerprint density at radius 1 is 1.10 bits per heavy atom. The van der Waals surface area contributed by atoms with Crippen LogP contribution in [-0.2, 0) is 6.54 Å². The maximum atomic E-state index is 5.86. The number of hydrogen-bond acceptors (Lipinski definition) is 3. The second-order valence-corrected chi connectivity index (χ2v) is 5.86. The molecule has 108 valence electrons. The van der Waals surface area contributed by atoms with Gasteiger partial charge in [-0.05, 0) is 17.7 Å². The molecule has 3 nitrogen and oxygen atoms in total. The molecule has 2 heterocycles. The Morgan fingerprint density at radius 3 is 2.95 bits per heavy atom. The molecule has 3 heteroatoms. The number of rotatable bonds is 2. The first-order chi connectivity index (χ1) is 10.4. The lowest BCUT2D eigenvalue weighted by atomic mass is 10.0. The van der Waals surface area contributed by atoms with E-state index in [1.807, 2.05) is 6.07 Å². The van der Waals surface area contributed by atoms with Crippen LogP contribution in [0.2, 0.25) is 0 Å². The molecule has 0 amide bonds. The molecule has 0 spiro atoms. The molecule has 0 bridgehead atoms. The third kappa shape index (κ3) is 2.49. The van der Waals surface area contributed by atoms with Crippen molar-refractivity contribution in [3.63, 3.8) is 0 Å². The summed E-state index contributed by atoms with van der Waals surface area (Å²) in [6.07, 6.45) is 0. The molecule has 21 heavy (non-hydrogen) atoms. The van der Waals surface area contributed by atoms with E-state index in [9.17, 15) is 0 Å². The van der Waals surface area contributed by atoms with Gasteiger partial charge in [-0.15, -0.1) is 0 Å². The van der Waals surface area contributed by atoms with Crippen molar-refractivity contribution in [1.29, 1.82) is 0 Å². The standard InChI is InChI=1S/C18H20N2O/c1-4-8-18-14(5-1)12-20(9-10-21-18)13-15-11-19-17-7-3-2-6-16(15)17/h1-8,15,19H,9-13H2. The maximum Gasteiger partial charge on any atom is 0.123 e. The lowest BCUT2D eigenvalue weighted by Crippen LogP contribution is -2.31. The number of fused-ring (bicyclic) bond motifs is 2. The minimum absolute atomic E-state index is 0.575. The van der Waals surface area contributed by atoms with Gasteiger partial charge in [0.2, 0.25) is 0 Å². The van der Waals surface area contributed by atoms with E-state index < -0.39 is 0 Å². The van der Waals surface area contributed by atoms with Crippen LogP contribution in [0.3, 0.4) is 0 Å². The molecule has 0 fully saturated rings. The van der Waals surface area contributed by atoms with Gasteiger partial charge in [0, 0.05) is 43.3 Å². The van der Waals surface area contributed by atoms with Gasteiger partial charge in [-0.25, -0.2) is 0 Å². The summed E-state index contributed by atoms with van der Waals surface area (Å²) in [7, 11) is 0. The van der Waals surface area contributed by atoms with E-state index in [0.717, 1.165) is 38.5 Å². The lowest BCUT2D eigenvalue weighted by molar-refractivity contribution is 0.218. The Morgan fingerprint density at radius 2 is 1.95 bits per heavy atom. The number of benzene rings is 2. The van der Waals surface area contributed by atoms with Crippen LogP contribution >= 0.6 is 0 Å². The van der Waals surface area contributed by atoms with Crippen molar-refractivity contribution in [2.24, 2.45) is 0 Å². The van der Waals surface area contributed by atoms with Gasteiger partial charge in [-0.1, -0.05) is 36.4 Å². The molecule has 2 aliphatic rings. The van der Waals surface area contributed by atoms with Crippen LogP contribution in [-0.4, -0.2) is 31.1 Å². The van der Waals surface area contributed by atoms with Gasteiger partial charge in [0.1, 0.15) is 12.4 Å². The Labute approximate surface area is 125 Å². The van der Waals surface area contributed by atoms with E-state index in [-0.39, 0.29) is 0 Å². The number of para-hydroxylation sites is 2. The average molecular weight is 280 g/mol. The lowest BCUT2D eigenvalue weighted by Gasteiger charge is -2.23.